The third kappa shape index (κ3) is 4.72. The van der Waals surface area contributed by atoms with Gasteiger partial charge in [0.15, 0.2) is 0 Å². The van der Waals surface area contributed by atoms with Gasteiger partial charge < -0.3 is 15.0 Å². The molecule has 1 saturated heterocycles. The van der Waals surface area contributed by atoms with Crippen LogP contribution in [-0.4, -0.2) is 40.1 Å². The zero-order valence-electron chi connectivity index (χ0n) is 13.4. The van der Waals surface area contributed by atoms with E-state index in [-0.39, 0.29) is 5.91 Å². The predicted molar refractivity (Wildman–Crippen MR) is 93.6 cm³/mol. The first kappa shape index (κ1) is 16.3. The molecule has 124 valence electrons. The Kier molecular flexibility index (Phi) is 5.56. The number of nitrogens with zero attached hydrogens (tertiary/aromatic N) is 1. The summed E-state index contributed by atoms with van der Waals surface area (Å²) in [7, 11) is 0. The average molecular weight is 333 g/mol. The van der Waals surface area contributed by atoms with E-state index in [1.54, 1.807) is 11.8 Å². The Morgan fingerprint density at radius 1 is 1.48 bits per heavy atom. The summed E-state index contributed by atoms with van der Waals surface area (Å²) < 4.78 is 5.66. The van der Waals surface area contributed by atoms with Crippen LogP contribution in [-0.2, 0) is 16.1 Å². The first-order chi connectivity index (χ1) is 11.2. The maximum atomic E-state index is 11.9. The molecule has 23 heavy (non-hydrogen) atoms. The molecule has 1 aliphatic heterocycles. The number of ether oxygens (including phenoxy) is 1. The van der Waals surface area contributed by atoms with Gasteiger partial charge in [0.25, 0.3) is 0 Å². The Morgan fingerprint density at radius 3 is 3.22 bits per heavy atom. The van der Waals surface area contributed by atoms with Crippen LogP contribution in [0.25, 0.3) is 11.0 Å². The minimum absolute atomic E-state index is 0.0439. The molecule has 1 fully saturated rings. The van der Waals surface area contributed by atoms with Gasteiger partial charge in [-0.25, -0.2) is 4.98 Å². The Bertz CT molecular complexity index is 665. The van der Waals surface area contributed by atoms with Gasteiger partial charge in [0.05, 0.1) is 29.4 Å². The summed E-state index contributed by atoms with van der Waals surface area (Å²) in [6.07, 6.45) is 3.84. The molecule has 0 radical (unpaired) electrons. The van der Waals surface area contributed by atoms with Crippen LogP contribution < -0.4 is 5.32 Å². The topological polar surface area (TPSA) is 67.0 Å². The normalized spacial score (nSPS) is 18.2. The van der Waals surface area contributed by atoms with Crippen LogP contribution >= 0.6 is 11.8 Å². The molecule has 1 aliphatic rings. The van der Waals surface area contributed by atoms with Crippen molar-refractivity contribution < 1.29 is 9.53 Å². The van der Waals surface area contributed by atoms with Crippen molar-refractivity contribution >= 4 is 28.7 Å². The third-order valence-electron chi connectivity index (χ3n) is 3.95. The van der Waals surface area contributed by atoms with E-state index < -0.39 is 0 Å². The molecule has 1 aromatic carbocycles. The second-order valence-electron chi connectivity index (χ2n) is 5.98. The molecule has 0 spiro atoms. The standard InChI is InChI=1S/C17H23N3O2S/c1-12-5-6-14-15(8-12)20-16(19-14)9-18-17(21)11-23-10-13-4-2-3-7-22-13/h5-6,8,13H,2-4,7,9-11H2,1H3,(H,18,21)(H,19,20)/t13-/m0/s1. The van der Waals surface area contributed by atoms with Crippen LogP contribution in [0.15, 0.2) is 18.2 Å². The minimum atomic E-state index is 0.0439. The molecular weight excluding hydrogens is 310 g/mol. The number of imidazole rings is 1. The number of carbonyl (C=O) groups is 1. The fraction of sp³-hybridized carbons (Fsp3) is 0.529. The van der Waals surface area contributed by atoms with Crippen LogP contribution in [0.5, 0.6) is 0 Å². The number of hydrogen-bond donors (Lipinski definition) is 2. The highest BCUT2D eigenvalue weighted by molar-refractivity contribution is 7.99. The summed E-state index contributed by atoms with van der Waals surface area (Å²) in [4.78, 5) is 19.6. The van der Waals surface area contributed by atoms with E-state index in [2.05, 4.69) is 28.3 Å². The number of fused-ring (bicyclic) bond motifs is 1. The van der Waals surface area contributed by atoms with E-state index in [1.807, 2.05) is 12.1 Å². The lowest BCUT2D eigenvalue weighted by molar-refractivity contribution is -0.118. The number of amides is 1. The largest absolute Gasteiger partial charge is 0.377 e. The smallest absolute Gasteiger partial charge is 0.230 e. The number of nitrogens with one attached hydrogen (secondary N) is 2. The number of rotatable bonds is 6. The van der Waals surface area contributed by atoms with Crippen molar-refractivity contribution in [1.29, 1.82) is 0 Å². The SMILES string of the molecule is Cc1ccc2nc(CNC(=O)CSC[C@@H]3CCCCO3)[nH]c2c1. The van der Waals surface area contributed by atoms with Crippen molar-refractivity contribution in [2.45, 2.75) is 38.8 Å². The van der Waals surface area contributed by atoms with Crippen molar-refractivity contribution in [2.75, 3.05) is 18.1 Å². The number of aryl methyl sites for hydroxylation is 1. The van der Waals surface area contributed by atoms with Gasteiger partial charge in [-0.15, -0.1) is 11.8 Å². The molecule has 0 unspecified atom stereocenters. The third-order valence-corrected chi connectivity index (χ3v) is 5.02. The van der Waals surface area contributed by atoms with Gasteiger partial charge >= 0.3 is 0 Å². The molecule has 1 atom stereocenters. The second-order valence-corrected chi connectivity index (χ2v) is 7.01. The van der Waals surface area contributed by atoms with Gasteiger partial charge in [-0.2, -0.15) is 0 Å². The fourth-order valence-electron chi connectivity index (χ4n) is 2.72. The molecule has 5 nitrogen and oxygen atoms in total. The number of hydrogen-bond acceptors (Lipinski definition) is 4. The first-order valence-corrected chi connectivity index (χ1v) is 9.27. The molecule has 0 bridgehead atoms. The molecule has 1 amide bonds. The lowest BCUT2D eigenvalue weighted by atomic mass is 10.1. The Labute approximate surface area is 140 Å². The molecule has 0 aliphatic carbocycles. The lowest BCUT2D eigenvalue weighted by Gasteiger charge is -2.21. The van der Waals surface area contributed by atoms with E-state index in [9.17, 15) is 4.79 Å². The van der Waals surface area contributed by atoms with Crippen molar-refractivity contribution in [2.24, 2.45) is 0 Å². The molecule has 1 aromatic heterocycles. The van der Waals surface area contributed by atoms with E-state index in [1.165, 1.54) is 18.4 Å². The zero-order valence-corrected chi connectivity index (χ0v) is 14.2. The Balaban J connectivity index is 1.40. The van der Waals surface area contributed by atoms with Crippen molar-refractivity contribution in [3.8, 4) is 0 Å². The number of carbonyl (C=O) groups excluding carboxylic acids is 1. The Hall–Kier alpha value is -1.53. The monoisotopic (exact) mass is 333 g/mol. The maximum absolute atomic E-state index is 11.9. The minimum Gasteiger partial charge on any atom is -0.377 e. The highest BCUT2D eigenvalue weighted by atomic mass is 32.2. The molecule has 2 N–H and O–H groups in total. The van der Waals surface area contributed by atoms with Crippen molar-refractivity contribution in [3.05, 3.63) is 29.6 Å². The molecule has 0 saturated carbocycles. The van der Waals surface area contributed by atoms with Crippen LogP contribution in [0.1, 0.15) is 30.7 Å². The summed E-state index contributed by atoms with van der Waals surface area (Å²) in [5.41, 5.74) is 3.14. The number of benzene rings is 1. The summed E-state index contributed by atoms with van der Waals surface area (Å²) in [6.45, 7) is 3.35. The number of aromatic amines is 1. The second kappa shape index (κ2) is 7.84. The van der Waals surface area contributed by atoms with Gasteiger partial charge in [0.1, 0.15) is 5.82 Å². The first-order valence-electron chi connectivity index (χ1n) is 8.12. The van der Waals surface area contributed by atoms with Gasteiger partial charge in [0, 0.05) is 12.4 Å². The maximum Gasteiger partial charge on any atom is 0.230 e. The predicted octanol–water partition coefficient (Wildman–Crippen LogP) is 2.79. The summed E-state index contributed by atoms with van der Waals surface area (Å²) in [6, 6.07) is 6.09. The molecular formula is C17H23N3O2S. The van der Waals surface area contributed by atoms with Gasteiger partial charge in [0.2, 0.25) is 5.91 Å². The summed E-state index contributed by atoms with van der Waals surface area (Å²) in [5.74, 6) is 2.21. The van der Waals surface area contributed by atoms with Crippen LogP contribution in [0.2, 0.25) is 0 Å². The zero-order chi connectivity index (χ0) is 16.1. The Morgan fingerprint density at radius 2 is 2.39 bits per heavy atom. The molecule has 2 heterocycles. The highest BCUT2D eigenvalue weighted by Gasteiger charge is 2.14. The number of aromatic nitrogens is 2. The van der Waals surface area contributed by atoms with E-state index in [0.717, 1.165) is 35.6 Å². The lowest BCUT2D eigenvalue weighted by Crippen LogP contribution is -2.27. The van der Waals surface area contributed by atoms with Gasteiger partial charge in [-0.05, 0) is 43.9 Å². The average Bonchev–Trinajstić information content (AvgIpc) is 2.96. The van der Waals surface area contributed by atoms with E-state index >= 15 is 0 Å². The highest BCUT2D eigenvalue weighted by Crippen LogP contribution is 2.17. The van der Waals surface area contributed by atoms with Gasteiger partial charge in [-0.1, -0.05) is 6.07 Å². The fourth-order valence-corrected chi connectivity index (χ4v) is 3.65. The van der Waals surface area contributed by atoms with Crippen molar-refractivity contribution in [3.63, 3.8) is 0 Å². The summed E-state index contributed by atoms with van der Waals surface area (Å²) in [5, 5.41) is 2.92. The number of thioether (sulfide) groups is 1. The van der Waals surface area contributed by atoms with Crippen LogP contribution in [0.3, 0.4) is 0 Å². The van der Waals surface area contributed by atoms with Crippen molar-refractivity contribution in [1.82, 2.24) is 15.3 Å². The van der Waals surface area contributed by atoms with Crippen LogP contribution in [0.4, 0.5) is 0 Å². The quantitative estimate of drug-likeness (QED) is 0.853. The van der Waals surface area contributed by atoms with E-state index in [0.29, 0.717) is 18.4 Å². The molecule has 2 aromatic rings. The molecule has 3 rings (SSSR count). The number of H-pyrrole nitrogens is 1. The van der Waals surface area contributed by atoms with Gasteiger partial charge in [-0.3, -0.25) is 4.79 Å². The molecule has 6 heteroatoms. The van der Waals surface area contributed by atoms with E-state index in [4.69, 9.17) is 4.74 Å². The summed E-state index contributed by atoms with van der Waals surface area (Å²) >= 11 is 1.64. The van der Waals surface area contributed by atoms with Crippen LogP contribution in [0, 0.1) is 6.92 Å².